The number of hydrogen-bond donors (Lipinski definition) is 1. The molecule has 1 atom stereocenters. The van der Waals surface area contributed by atoms with Crippen molar-refractivity contribution >= 4 is 10.0 Å². The number of primary sulfonamides is 1. The Morgan fingerprint density at radius 2 is 1.73 bits per heavy atom. The lowest BCUT2D eigenvalue weighted by Gasteiger charge is -2.13. The molecule has 0 fully saturated rings. The molecule has 30 heavy (non-hydrogen) atoms. The Balaban J connectivity index is 1.72. The Kier molecular flexibility index (Phi) is 6.73. The van der Waals surface area contributed by atoms with E-state index in [0.29, 0.717) is 29.4 Å². The van der Waals surface area contributed by atoms with Crippen LogP contribution in [0.15, 0.2) is 42.7 Å². The predicted molar refractivity (Wildman–Crippen MR) is 114 cm³/mol. The van der Waals surface area contributed by atoms with Crippen molar-refractivity contribution in [2.45, 2.75) is 45.3 Å². The summed E-state index contributed by atoms with van der Waals surface area (Å²) in [5.41, 5.74) is 2.54. The van der Waals surface area contributed by atoms with Crippen LogP contribution in [0.2, 0.25) is 0 Å². The summed E-state index contributed by atoms with van der Waals surface area (Å²) in [5, 5.41) is 5.08. The van der Waals surface area contributed by atoms with Crippen LogP contribution in [0.5, 0.6) is 11.6 Å². The number of ether oxygens (including phenoxy) is 1. The van der Waals surface area contributed by atoms with E-state index in [0.717, 1.165) is 23.5 Å². The van der Waals surface area contributed by atoms with E-state index < -0.39 is 10.0 Å². The first-order chi connectivity index (χ1) is 14.2. The standard InChI is InChI=1S/C21H25N5O3S/c1-4-16-11-23-20(24-12-16)9-14(2)19-10-21(26-15(3)25-19)29-18-7-5-17(6-8-18)13-30(22,27)28/h5-8,10-12,14H,4,9,13H2,1-3H3,(H2,22,27,28). The van der Waals surface area contributed by atoms with E-state index in [9.17, 15) is 8.42 Å². The zero-order valence-electron chi connectivity index (χ0n) is 17.2. The predicted octanol–water partition coefficient (Wildman–Crippen LogP) is 3.06. The van der Waals surface area contributed by atoms with Crippen LogP contribution in [-0.4, -0.2) is 28.4 Å². The molecule has 0 radical (unpaired) electrons. The minimum absolute atomic E-state index is 0.0821. The first-order valence-corrected chi connectivity index (χ1v) is 11.4. The van der Waals surface area contributed by atoms with Gasteiger partial charge in [-0.05, 0) is 36.6 Å². The van der Waals surface area contributed by atoms with E-state index in [1.165, 1.54) is 0 Å². The van der Waals surface area contributed by atoms with Gasteiger partial charge in [0.2, 0.25) is 15.9 Å². The van der Waals surface area contributed by atoms with Crippen LogP contribution in [0, 0.1) is 6.92 Å². The van der Waals surface area contributed by atoms with Gasteiger partial charge in [0.15, 0.2) is 0 Å². The second-order valence-electron chi connectivity index (χ2n) is 7.20. The van der Waals surface area contributed by atoms with E-state index >= 15 is 0 Å². The van der Waals surface area contributed by atoms with E-state index in [2.05, 4.69) is 33.8 Å². The van der Waals surface area contributed by atoms with Crippen molar-refractivity contribution in [2.75, 3.05) is 0 Å². The molecule has 0 amide bonds. The van der Waals surface area contributed by atoms with Gasteiger partial charge in [-0.15, -0.1) is 0 Å². The van der Waals surface area contributed by atoms with E-state index in [1.54, 1.807) is 30.3 Å². The summed E-state index contributed by atoms with van der Waals surface area (Å²) in [6, 6.07) is 8.49. The molecular formula is C21H25N5O3S. The number of sulfonamides is 1. The van der Waals surface area contributed by atoms with Gasteiger partial charge in [0, 0.05) is 30.8 Å². The highest BCUT2D eigenvalue weighted by Crippen LogP contribution is 2.25. The van der Waals surface area contributed by atoms with Gasteiger partial charge in [0.05, 0.1) is 11.4 Å². The van der Waals surface area contributed by atoms with Crippen LogP contribution in [0.4, 0.5) is 0 Å². The summed E-state index contributed by atoms with van der Waals surface area (Å²) < 4.78 is 28.3. The molecule has 1 aromatic carbocycles. The SMILES string of the molecule is CCc1cnc(CC(C)c2cc(Oc3ccc(CS(N)(=O)=O)cc3)nc(C)n2)nc1. The van der Waals surface area contributed by atoms with E-state index in [1.807, 2.05) is 19.3 Å². The van der Waals surface area contributed by atoms with Crippen molar-refractivity contribution in [3.05, 3.63) is 71.2 Å². The Hall–Kier alpha value is -2.91. The fraction of sp³-hybridized carbons (Fsp3) is 0.333. The third-order valence-electron chi connectivity index (χ3n) is 4.51. The van der Waals surface area contributed by atoms with Gasteiger partial charge in [-0.1, -0.05) is 26.0 Å². The molecule has 2 aromatic heterocycles. The van der Waals surface area contributed by atoms with Crippen molar-refractivity contribution in [1.82, 2.24) is 19.9 Å². The van der Waals surface area contributed by atoms with Gasteiger partial charge in [-0.25, -0.2) is 28.5 Å². The van der Waals surface area contributed by atoms with Crippen LogP contribution in [0.1, 0.15) is 48.2 Å². The molecule has 3 rings (SSSR count). The topological polar surface area (TPSA) is 121 Å². The third-order valence-corrected chi connectivity index (χ3v) is 5.24. The lowest BCUT2D eigenvalue weighted by molar-refractivity contribution is 0.457. The molecule has 8 nitrogen and oxygen atoms in total. The first-order valence-electron chi connectivity index (χ1n) is 9.64. The lowest BCUT2D eigenvalue weighted by Crippen LogP contribution is -2.14. The maximum atomic E-state index is 11.2. The van der Waals surface area contributed by atoms with Gasteiger partial charge in [-0.3, -0.25) is 0 Å². The molecule has 0 saturated heterocycles. The second kappa shape index (κ2) is 9.27. The molecule has 2 N–H and O–H groups in total. The van der Waals surface area contributed by atoms with Gasteiger partial charge in [0.1, 0.15) is 17.4 Å². The van der Waals surface area contributed by atoms with E-state index in [-0.39, 0.29) is 11.7 Å². The fourth-order valence-corrected chi connectivity index (χ4v) is 3.58. The van der Waals surface area contributed by atoms with Crippen molar-refractivity contribution in [3.63, 3.8) is 0 Å². The zero-order valence-corrected chi connectivity index (χ0v) is 18.1. The molecule has 158 valence electrons. The maximum absolute atomic E-state index is 11.2. The Morgan fingerprint density at radius 3 is 2.33 bits per heavy atom. The average Bonchev–Trinajstić information content (AvgIpc) is 2.68. The van der Waals surface area contributed by atoms with E-state index in [4.69, 9.17) is 9.88 Å². The monoisotopic (exact) mass is 427 g/mol. The van der Waals surface area contributed by atoms with Crippen molar-refractivity contribution in [1.29, 1.82) is 0 Å². The first kappa shape index (κ1) is 21.8. The Morgan fingerprint density at radius 1 is 1.07 bits per heavy atom. The van der Waals surface area contributed by atoms with Crippen molar-refractivity contribution < 1.29 is 13.2 Å². The summed E-state index contributed by atoms with van der Waals surface area (Å²) >= 11 is 0. The summed E-state index contributed by atoms with van der Waals surface area (Å²) in [7, 11) is -3.57. The van der Waals surface area contributed by atoms with Crippen LogP contribution in [-0.2, 0) is 28.6 Å². The normalized spacial score (nSPS) is 12.5. The smallest absolute Gasteiger partial charge is 0.222 e. The molecule has 0 aliphatic heterocycles. The van der Waals surface area contributed by atoms with Crippen molar-refractivity contribution in [3.8, 4) is 11.6 Å². The summed E-state index contributed by atoms with van der Waals surface area (Å²) in [4.78, 5) is 17.7. The minimum atomic E-state index is -3.57. The third kappa shape index (κ3) is 6.30. The lowest BCUT2D eigenvalue weighted by atomic mass is 10.0. The Bertz CT molecular complexity index is 1100. The Labute approximate surface area is 176 Å². The maximum Gasteiger partial charge on any atom is 0.222 e. The van der Waals surface area contributed by atoms with Crippen molar-refractivity contribution in [2.24, 2.45) is 5.14 Å². The fourth-order valence-electron chi connectivity index (χ4n) is 2.92. The molecule has 0 spiro atoms. The summed E-state index contributed by atoms with van der Waals surface area (Å²) in [5.74, 6) is 2.20. The zero-order chi connectivity index (χ0) is 21.7. The number of rotatable bonds is 8. The number of aromatic nitrogens is 4. The van der Waals surface area contributed by atoms with Gasteiger partial charge in [0.25, 0.3) is 0 Å². The number of nitrogens with two attached hydrogens (primary N) is 1. The van der Waals surface area contributed by atoms with Gasteiger partial charge < -0.3 is 4.74 Å². The van der Waals surface area contributed by atoms with Gasteiger partial charge in [-0.2, -0.15) is 4.98 Å². The van der Waals surface area contributed by atoms with Crippen LogP contribution >= 0.6 is 0 Å². The molecule has 3 aromatic rings. The molecule has 0 aliphatic carbocycles. The number of benzene rings is 1. The van der Waals surface area contributed by atoms with Crippen LogP contribution in [0.3, 0.4) is 0 Å². The number of hydrogen-bond acceptors (Lipinski definition) is 7. The molecule has 0 aliphatic rings. The molecule has 2 heterocycles. The quantitative estimate of drug-likeness (QED) is 0.586. The van der Waals surface area contributed by atoms with Crippen LogP contribution < -0.4 is 9.88 Å². The average molecular weight is 428 g/mol. The molecule has 0 bridgehead atoms. The number of nitrogens with zero attached hydrogens (tertiary/aromatic N) is 4. The largest absolute Gasteiger partial charge is 0.439 e. The molecule has 1 unspecified atom stereocenters. The highest BCUT2D eigenvalue weighted by atomic mass is 32.2. The highest BCUT2D eigenvalue weighted by Gasteiger charge is 2.14. The molecule has 0 saturated carbocycles. The highest BCUT2D eigenvalue weighted by molar-refractivity contribution is 7.88. The minimum Gasteiger partial charge on any atom is -0.439 e. The van der Waals surface area contributed by atoms with Crippen LogP contribution in [0.25, 0.3) is 0 Å². The number of aryl methyl sites for hydroxylation is 2. The molecule has 9 heteroatoms. The second-order valence-corrected chi connectivity index (χ2v) is 8.81. The summed E-state index contributed by atoms with van der Waals surface area (Å²) in [6.45, 7) is 5.94. The van der Waals surface area contributed by atoms with Gasteiger partial charge >= 0.3 is 0 Å². The summed E-state index contributed by atoms with van der Waals surface area (Å²) in [6.07, 6.45) is 5.27. The molecular weight excluding hydrogens is 402 g/mol.